The molecule has 0 saturated carbocycles. The highest BCUT2D eigenvalue weighted by Crippen LogP contribution is 2.49. The van der Waals surface area contributed by atoms with E-state index in [1.54, 1.807) is 19.1 Å². The largest absolute Gasteiger partial charge is 0.466 e. The second-order valence-electron chi connectivity index (χ2n) is 8.50. The van der Waals surface area contributed by atoms with Gasteiger partial charge >= 0.3 is 12.1 Å². The second-order valence-corrected chi connectivity index (χ2v) is 9.28. The standard InChI is InChI=1S/C25H27F3N2O4S/c1-3-34-21(31)15-23(20(16-29)18-9-14-35-17-18)10-12-30(13-11-23)22(32)24(33-2,25(26,27)28)19-7-5-4-6-8-19/h4-9,14,17,20H,3,10-13,15H2,1-2H3/t20?,24-/m1/s1. The first-order valence-electron chi connectivity index (χ1n) is 11.2. The maximum absolute atomic E-state index is 14.4. The Bertz CT molecular complexity index is 1040. The maximum Gasteiger partial charge on any atom is 0.430 e. The number of halogens is 3. The number of hydrogen-bond donors (Lipinski definition) is 0. The molecule has 2 atom stereocenters. The summed E-state index contributed by atoms with van der Waals surface area (Å²) in [5, 5.41) is 13.7. The lowest BCUT2D eigenvalue weighted by Crippen LogP contribution is -2.59. The highest BCUT2D eigenvalue weighted by Gasteiger charge is 2.64. The van der Waals surface area contributed by atoms with Crippen molar-refractivity contribution >= 4 is 23.2 Å². The number of rotatable bonds is 8. The average molecular weight is 509 g/mol. The SMILES string of the molecule is CCOC(=O)CC1(C(C#N)c2ccsc2)CCN(C(=O)[C@](OC)(c2ccccc2)C(F)(F)F)CC1. The first-order valence-corrected chi connectivity index (χ1v) is 12.1. The van der Waals surface area contributed by atoms with E-state index in [-0.39, 0.29) is 44.5 Å². The number of thiophene rings is 1. The van der Waals surface area contributed by atoms with Crippen molar-refractivity contribution in [3.63, 3.8) is 0 Å². The predicted molar refractivity (Wildman–Crippen MR) is 123 cm³/mol. The minimum atomic E-state index is -5.01. The normalized spacial score (nSPS) is 18.2. The van der Waals surface area contributed by atoms with Crippen molar-refractivity contribution in [2.24, 2.45) is 5.41 Å². The van der Waals surface area contributed by atoms with Crippen LogP contribution in [0.4, 0.5) is 13.2 Å². The molecule has 2 aromatic rings. The Hall–Kier alpha value is -2.90. The molecule has 1 unspecified atom stereocenters. The van der Waals surface area contributed by atoms with Crippen molar-refractivity contribution < 1.29 is 32.2 Å². The molecule has 188 valence electrons. The third-order valence-electron chi connectivity index (χ3n) is 6.65. The number of ether oxygens (including phenoxy) is 2. The number of carbonyl (C=O) groups is 2. The van der Waals surface area contributed by atoms with Gasteiger partial charge in [0.15, 0.2) is 0 Å². The Balaban J connectivity index is 1.93. The van der Waals surface area contributed by atoms with E-state index in [4.69, 9.17) is 9.47 Å². The third kappa shape index (κ3) is 5.07. The van der Waals surface area contributed by atoms with Crippen molar-refractivity contribution in [1.29, 1.82) is 5.26 Å². The third-order valence-corrected chi connectivity index (χ3v) is 7.35. The Labute approximate surface area is 206 Å². The molecule has 35 heavy (non-hydrogen) atoms. The van der Waals surface area contributed by atoms with Crippen LogP contribution in [-0.4, -0.2) is 49.8 Å². The zero-order valence-corrected chi connectivity index (χ0v) is 20.3. The molecule has 10 heteroatoms. The van der Waals surface area contributed by atoms with E-state index in [1.165, 1.54) is 35.6 Å². The van der Waals surface area contributed by atoms with Crippen LogP contribution in [0, 0.1) is 16.7 Å². The smallest absolute Gasteiger partial charge is 0.430 e. The monoisotopic (exact) mass is 508 g/mol. The number of benzene rings is 1. The van der Waals surface area contributed by atoms with Crippen LogP contribution in [0.2, 0.25) is 0 Å². The van der Waals surface area contributed by atoms with E-state index in [2.05, 4.69) is 6.07 Å². The molecule has 3 rings (SSSR count). The van der Waals surface area contributed by atoms with E-state index < -0.39 is 35.0 Å². The summed E-state index contributed by atoms with van der Waals surface area (Å²) in [6.45, 7) is 1.73. The lowest BCUT2D eigenvalue weighted by molar-refractivity contribution is -0.271. The number of hydrogen-bond acceptors (Lipinski definition) is 6. The summed E-state index contributed by atoms with van der Waals surface area (Å²) in [6.07, 6.45) is -4.74. The van der Waals surface area contributed by atoms with Gasteiger partial charge in [0.2, 0.25) is 0 Å². The Kier molecular flexibility index (Phi) is 8.23. The van der Waals surface area contributed by atoms with Crippen molar-refractivity contribution in [2.45, 2.75) is 43.9 Å². The van der Waals surface area contributed by atoms with Crippen LogP contribution < -0.4 is 0 Å². The summed E-state index contributed by atoms with van der Waals surface area (Å²) >= 11 is 1.41. The first-order chi connectivity index (χ1) is 16.6. The zero-order chi connectivity index (χ0) is 25.7. The molecule has 0 aliphatic carbocycles. The van der Waals surface area contributed by atoms with Gasteiger partial charge in [0.1, 0.15) is 0 Å². The molecule has 0 spiro atoms. The summed E-state index contributed by atoms with van der Waals surface area (Å²) < 4.78 is 53.2. The predicted octanol–water partition coefficient (Wildman–Crippen LogP) is 5.02. The summed E-state index contributed by atoms with van der Waals surface area (Å²) in [5.41, 5.74) is -3.60. The Morgan fingerprint density at radius 2 is 1.86 bits per heavy atom. The number of esters is 1. The second kappa shape index (κ2) is 10.8. The van der Waals surface area contributed by atoms with Gasteiger partial charge in [-0.05, 0) is 42.2 Å². The number of carbonyl (C=O) groups excluding carboxylic acids is 2. The van der Waals surface area contributed by atoms with Crippen LogP contribution in [-0.2, 0) is 24.7 Å². The average Bonchev–Trinajstić information content (AvgIpc) is 3.35. The van der Waals surface area contributed by atoms with Crippen LogP contribution >= 0.6 is 11.3 Å². The van der Waals surface area contributed by atoms with Gasteiger partial charge in [-0.25, -0.2) is 0 Å². The van der Waals surface area contributed by atoms with E-state index in [1.807, 2.05) is 10.8 Å². The first kappa shape index (κ1) is 26.7. The van der Waals surface area contributed by atoms with Gasteiger partial charge in [-0.15, -0.1) is 0 Å². The minimum absolute atomic E-state index is 0.0609. The molecule has 0 bridgehead atoms. The van der Waals surface area contributed by atoms with E-state index in [9.17, 15) is 28.0 Å². The van der Waals surface area contributed by atoms with Crippen molar-refractivity contribution in [3.05, 3.63) is 58.3 Å². The van der Waals surface area contributed by atoms with Gasteiger partial charge in [0.05, 0.1) is 25.0 Å². The number of alkyl halides is 3. The molecule has 1 aliphatic heterocycles. The van der Waals surface area contributed by atoms with Crippen LogP contribution in [0.25, 0.3) is 0 Å². The fourth-order valence-electron chi connectivity index (χ4n) is 4.85. The van der Waals surface area contributed by atoms with Crippen molar-refractivity contribution in [3.8, 4) is 6.07 Å². The highest BCUT2D eigenvalue weighted by molar-refractivity contribution is 7.08. The summed E-state index contributed by atoms with van der Waals surface area (Å²) in [7, 11) is 0.871. The van der Waals surface area contributed by atoms with Gasteiger partial charge in [-0.3, -0.25) is 9.59 Å². The number of piperidine rings is 1. The molecule has 1 aliphatic rings. The molecule has 1 saturated heterocycles. The number of likely N-dealkylation sites (tertiary alicyclic amines) is 1. The molecule has 6 nitrogen and oxygen atoms in total. The molecule has 1 aromatic carbocycles. The Morgan fingerprint density at radius 3 is 2.34 bits per heavy atom. The van der Waals surface area contributed by atoms with Gasteiger partial charge in [0.25, 0.3) is 11.5 Å². The number of nitriles is 1. The van der Waals surface area contributed by atoms with Crippen LogP contribution in [0.1, 0.15) is 43.2 Å². The van der Waals surface area contributed by atoms with Crippen molar-refractivity contribution in [2.75, 3.05) is 26.8 Å². The molecule has 0 N–H and O–H groups in total. The maximum atomic E-state index is 14.4. The summed E-state index contributed by atoms with van der Waals surface area (Å²) in [6, 6.07) is 10.9. The lowest BCUT2D eigenvalue weighted by atomic mass is 9.65. The molecular weight excluding hydrogens is 481 g/mol. The van der Waals surface area contributed by atoms with E-state index in [0.29, 0.717) is 0 Å². The number of amides is 1. The molecule has 0 radical (unpaired) electrons. The molecular formula is C25H27F3N2O4S. The van der Waals surface area contributed by atoms with Crippen LogP contribution in [0.5, 0.6) is 0 Å². The topological polar surface area (TPSA) is 79.6 Å². The van der Waals surface area contributed by atoms with Gasteiger partial charge in [0, 0.05) is 31.2 Å². The molecule has 1 amide bonds. The van der Waals surface area contributed by atoms with E-state index >= 15 is 0 Å². The molecule has 1 aromatic heterocycles. The Morgan fingerprint density at radius 1 is 1.20 bits per heavy atom. The highest BCUT2D eigenvalue weighted by atomic mass is 32.1. The molecule has 1 fully saturated rings. The summed E-state index contributed by atoms with van der Waals surface area (Å²) in [4.78, 5) is 27.0. The number of nitrogens with zero attached hydrogens (tertiary/aromatic N) is 2. The van der Waals surface area contributed by atoms with Gasteiger partial charge < -0.3 is 14.4 Å². The fraction of sp³-hybridized carbons (Fsp3) is 0.480. The quantitative estimate of drug-likeness (QED) is 0.468. The van der Waals surface area contributed by atoms with Crippen LogP contribution in [0.15, 0.2) is 47.2 Å². The lowest BCUT2D eigenvalue weighted by Gasteiger charge is -2.46. The fourth-order valence-corrected chi connectivity index (χ4v) is 5.54. The zero-order valence-electron chi connectivity index (χ0n) is 19.5. The van der Waals surface area contributed by atoms with Gasteiger partial charge in [-0.1, -0.05) is 30.3 Å². The minimum Gasteiger partial charge on any atom is -0.466 e. The van der Waals surface area contributed by atoms with E-state index in [0.717, 1.165) is 17.6 Å². The number of methoxy groups -OCH3 is 1. The summed E-state index contributed by atoms with van der Waals surface area (Å²) in [5.74, 6) is -2.36. The van der Waals surface area contributed by atoms with Crippen LogP contribution in [0.3, 0.4) is 0 Å². The van der Waals surface area contributed by atoms with Crippen molar-refractivity contribution in [1.82, 2.24) is 4.90 Å². The molecule has 2 heterocycles. The van der Waals surface area contributed by atoms with Gasteiger partial charge in [-0.2, -0.15) is 29.8 Å².